The standard InChI is InChI=1S/2C21H27N3O2S.C17H19N3S.C13H10ClNS.C13H9NOS.C4H4O4.CH4/c2*25-14-16-26-15-13-23-9-11-24(12-10-23)21-17-5-1-3-7-19(17)27-20-8-4-2-6-18(20)22-21;1-3-7-15-13(5-1)17(20-11-9-18-10-12-20)19-14-6-2-4-8-16(14)21-15;14-13-9-5-1-3-7-11(9)16-12-8-4-2-6-10(12)15-13;15-13-9-5-1-3-7-11(9)16-12-8-4-2-6-10(12)14-13;5-3(6)1-2-4(7)8;/h2*1-8,21-22,25H,9-16H2;1-8,17-19H,9-12H2;1-8,13,15H;1-8H,(H,14,15);1-2H,(H,5,6)(H,7,8);1H4/b;;;;;2-1+;. The first kappa shape index (κ1) is 86.5. The van der Waals surface area contributed by atoms with E-state index in [2.05, 4.69) is 226 Å². The lowest BCUT2D eigenvalue weighted by Crippen LogP contribution is -2.49. The van der Waals surface area contributed by atoms with Crippen molar-refractivity contribution in [2.45, 2.75) is 80.4 Å². The van der Waals surface area contributed by atoms with Gasteiger partial charge in [-0.2, -0.15) is 0 Å². The van der Waals surface area contributed by atoms with Crippen LogP contribution in [0.4, 0.5) is 28.4 Å². The SMILES string of the molecule is C.ClC1Nc2ccccc2Sc2ccccc21.O=C(O)/C=C/C(=O)O.O=C1Nc2ccccc2Sc2ccccc21.OCCOCCN1CCN(C2Nc3ccccc3Sc3ccccc32)CC1.OCCOCCN1CCN(C2Nc3ccccc3Sc3ccccc32)CC1.c1ccc2c(c1)NC(N1CCNCC1)c1ccccc1S2. The molecule has 606 valence electrons. The zero-order valence-corrected chi connectivity index (χ0v) is 68.5. The highest BCUT2D eigenvalue weighted by atomic mass is 35.5. The minimum absolute atomic E-state index is 0. The number of alkyl halides is 1. The van der Waals surface area contributed by atoms with Crippen LogP contribution in [0.25, 0.3) is 0 Å². The molecule has 10 aromatic rings. The summed E-state index contributed by atoms with van der Waals surface area (Å²) in [5.74, 6) is -2.55. The van der Waals surface area contributed by atoms with Crippen molar-refractivity contribution in [2.75, 3.05) is 158 Å². The van der Waals surface area contributed by atoms with Gasteiger partial charge in [0.2, 0.25) is 0 Å². The molecule has 20 nitrogen and oxygen atoms in total. The summed E-state index contributed by atoms with van der Waals surface area (Å²) in [5, 5.41) is 54.3. The van der Waals surface area contributed by atoms with Gasteiger partial charge in [-0.05, 0) is 97.1 Å². The van der Waals surface area contributed by atoms with E-state index in [0.717, 1.165) is 124 Å². The van der Waals surface area contributed by atoms with Crippen molar-refractivity contribution in [1.82, 2.24) is 29.8 Å². The molecule has 0 spiro atoms. The maximum atomic E-state index is 11.9. The minimum atomic E-state index is -1.26. The van der Waals surface area contributed by atoms with E-state index >= 15 is 0 Å². The van der Waals surface area contributed by atoms with Crippen molar-refractivity contribution >= 4 is 117 Å². The van der Waals surface area contributed by atoms with Gasteiger partial charge in [0.05, 0.1) is 50.9 Å². The van der Waals surface area contributed by atoms with Crippen molar-refractivity contribution in [1.29, 1.82) is 0 Å². The Hall–Kier alpha value is -8.81. The van der Waals surface area contributed by atoms with Crippen LogP contribution in [0, 0.1) is 0 Å². The third kappa shape index (κ3) is 24.0. The molecule has 0 radical (unpaired) electrons. The molecule has 3 saturated heterocycles. The third-order valence-corrected chi connectivity index (χ3v) is 26.1. The molecular weight excluding hydrogens is 1570 g/mol. The predicted molar refractivity (Wildman–Crippen MR) is 472 cm³/mol. The van der Waals surface area contributed by atoms with Gasteiger partial charge in [0.25, 0.3) is 5.91 Å². The number of ether oxygens (including phenoxy) is 2. The lowest BCUT2D eigenvalue weighted by atomic mass is 10.1. The predicted octanol–water partition coefficient (Wildman–Crippen LogP) is 17.2. The van der Waals surface area contributed by atoms with E-state index in [9.17, 15) is 14.4 Å². The number of aliphatic hydroxyl groups excluding tert-OH is 2. The van der Waals surface area contributed by atoms with Crippen LogP contribution >= 0.6 is 70.4 Å². The molecule has 4 unspecified atom stereocenters. The summed E-state index contributed by atoms with van der Waals surface area (Å²) >= 11 is 15.3. The molecule has 0 aliphatic carbocycles. The van der Waals surface area contributed by atoms with Gasteiger partial charge in [-0.15, -0.1) is 0 Å². The summed E-state index contributed by atoms with van der Waals surface area (Å²) < 4.78 is 10.8. The van der Waals surface area contributed by atoms with Gasteiger partial charge in [-0.25, -0.2) is 9.59 Å². The number of carboxylic acid groups (broad SMARTS) is 2. The molecule has 10 N–H and O–H groups in total. The normalized spacial score (nSPS) is 18.4. The summed E-state index contributed by atoms with van der Waals surface area (Å²) in [6.07, 6.45) is 1.78. The number of hydrogen-bond donors (Lipinski definition) is 10. The fourth-order valence-corrected chi connectivity index (χ4v) is 19.8. The van der Waals surface area contributed by atoms with Crippen molar-refractivity contribution < 1.29 is 44.3 Å². The van der Waals surface area contributed by atoms with Crippen molar-refractivity contribution in [3.8, 4) is 0 Å². The Balaban J connectivity index is 0.000000132. The summed E-state index contributed by atoms with van der Waals surface area (Å²) in [5.41, 5.74) is 11.5. The number of halogens is 1. The molecular formula is C90H100ClN11O9S5. The Kier molecular flexibility index (Phi) is 33.3. The number of carbonyl (C=O) groups excluding carboxylic acids is 1. The van der Waals surface area contributed by atoms with Gasteiger partial charge in [-0.1, -0.05) is 223 Å². The van der Waals surface area contributed by atoms with E-state index in [-0.39, 0.29) is 50.5 Å². The van der Waals surface area contributed by atoms with Crippen molar-refractivity contribution in [2.24, 2.45) is 0 Å². The number of aliphatic carboxylic acids is 2. The Labute approximate surface area is 706 Å². The van der Waals surface area contributed by atoms with Crippen LogP contribution in [0.1, 0.15) is 64.0 Å². The zero-order chi connectivity index (χ0) is 79.5. The first-order chi connectivity index (χ1) is 56.4. The molecule has 8 aliphatic rings. The highest BCUT2D eigenvalue weighted by molar-refractivity contribution is 8.00. The number of amides is 1. The average molecular weight is 1680 g/mol. The molecule has 0 bridgehead atoms. The number of nitrogens with one attached hydrogen (secondary N) is 6. The molecule has 3 fully saturated rings. The van der Waals surface area contributed by atoms with Gasteiger partial charge in [0.15, 0.2) is 0 Å². The first-order valence-corrected chi connectivity index (χ1v) is 43.1. The number of para-hydroxylation sites is 5. The number of carboxylic acids is 2. The summed E-state index contributed by atoms with van der Waals surface area (Å²) in [4.78, 5) is 56.0. The molecule has 8 heterocycles. The van der Waals surface area contributed by atoms with Crippen LogP contribution < -0.4 is 31.9 Å². The van der Waals surface area contributed by atoms with Crippen LogP contribution in [-0.4, -0.2) is 194 Å². The van der Waals surface area contributed by atoms with Crippen LogP contribution in [0.5, 0.6) is 0 Å². The van der Waals surface area contributed by atoms with Crippen LogP contribution in [0.15, 0.2) is 304 Å². The van der Waals surface area contributed by atoms with Crippen LogP contribution in [0.2, 0.25) is 0 Å². The van der Waals surface area contributed by atoms with Gasteiger partial charge < -0.3 is 61.8 Å². The number of rotatable bonds is 15. The third-order valence-electron chi connectivity index (χ3n) is 19.9. The Morgan fingerprint density at radius 3 is 1.04 bits per heavy atom. The number of carbonyl (C=O) groups is 3. The zero-order valence-electron chi connectivity index (χ0n) is 63.7. The second-order valence-corrected chi connectivity index (χ2v) is 33.3. The molecule has 0 saturated carbocycles. The monoisotopic (exact) mass is 1670 g/mol. The van der Waals surface area contributed by atoms with E-state index in [1.165, 1.54) is 72.9 Å². The number of benzene rings is 10. The van der Waals surface area contributed by atoms with E-state index in [0.29, 0.717) is 38.6 Å². The topological polar surface area (TPSA) is 239 Å². The second-order valence-electron chi connectivity index (χ2n) is 27.5. The minimum Gasteiger partial charge on any atom is -0.478 e. The van der Waals surface area contributed by atoms with Gasteiger partial charge >= 0.3 is 11.9 Å². The number of hydrogen-bond acceptors (Lipinski definition) is 22. The largest absolute Gasteiger partial charge is 0.478 e. The average Bonchev–Trinajstić information content (AvgIpc) is 1.64. The fourth-order valence-electron chi connectivity index (χ4n) is 14.1. The van der Waals surface area contributed by atoms with Crippen LogP contribution in [-0.2, 0) is 19.1 Å². The number of piperazine rings is 3. The maximum Gasteiger partial charge on any atom is 0.328 e. The summed E-state index contributed by atoms with van der Waals surface area (Å²) in [6.45, 7) is 16.9. The van der Waals surface area contributed by atoms with E-state index in [4.69, 9.17) is 41.5 Å². The van der Waals surface area contributed by atoms with E-state index < -0.39 is 11.9 Å². The highest BCUT2D eigenvalue weighted by Crippen LogP contribution is 2.48. The van der Waals surface area contributed by atoms with Gasteiger partial charge in [0.1, 0.15) is 24.0 Å². The molecule has 10 aromatic carbocycles. The molecule has 0 aromatic heterocycles. The second kappa shape index (κ2) is 44.7. The highest BCUT2D eigenvalue weighted by Gasteiger charge is 2.33. The number of fused-ring (bicyclic) bond motifs is 10. The molecule has 8 aliphatic heterocycles. The van der Waals surface area contributed by atoms with E-state index in [1.54, 1.807) is 23.5 Å². The lowest BCUT2D eigenvalue weighted by molar-refractivity contribution is -0.134. The molecule has 4 atom stereocenters. The molecule has 116 heavy (non-hydrogen) atoms. The molecule has 26 heteroatoms. The van der Waals surface area contributed by atoms with Crippen LogP contribution in [0.3, 0.4) is 0 Å². The quantitative estimate of drug-likeness (QED) is 0.0199. The molecule has 1 amide bonds. The van der Waals surface area contributed by atoms with E-state index in [1.807, 2.05) is 108 Å². The summed E-state index contributed by atoms with van der Waals surface area (Å²) in [6, 6.07) is 84.0. The first-order valence-electron chi connectivity index (χ1n) is 38.6. The smallest absolute Gasteiger partial charge is 0.328 e. The molecule has 18 rings (SSSR count). The number of nitrogens with zero attached hydrogens (tertiary/aromatic N) is 5. The Morgan fingerprint density at radius 1 is 0.371 bits per heavy atom. The number of anilines is 5. The van der Waals surface area contributed by atoms with Gasteiger partial charge in [-0.3, -0.25) is 29.3 Å². The Morgan fingerprint density at radius 2 is 0.664 bits per heavy atom. The lowest BCUT2D eigenvalue weighted by Gasteiger charge is -2.40. The maximum absolute atomic E-state index is 11.9. The number of aliphatic hydroxyl groups is 2. The van der Waals surface area contributed by atoms with Crippen molar-refractivity contribution in [3.63, 3.8) is 0 Å². The fraction of sp³-hybridized carbons (Fsp3) is 0.278. The Bertz CT molecular complexity index is 4740. The van der Waals surface area contributed by atoms with Crippen molar-refractivity contribution in [3.05, 3.63) is 283 Å². The summed E-state index contributed by atoms with van der Waals surface area (Å²) in [7, 11) is 0. The van der Waals surface area contributed by atoms with Gasteiger partial charge in [0, 0.05) is 198 Å².